The van der Waals surface area contributed by atoms with Crippen molar-refractivity contribution in [2.24, 2.45) is 0 Å². The van der Waals surface area contributed by atoms with Crippen molar-refractivity contribution in [2.75, 3.05) is 27.7 Å². The fourth-order valence-corrected chi connectivity index (χ4v) is 1.17. The molecule has 0 spiro atoms. The Morgan fingerprint density at radius 2 is 2.33 bits per heavy atom. The summed E-state index contributed by atoms with van der Waals surface area (Å²) in [4.78, 5) is 17.2. The third-order valence-corrected chi connectivity index (χ3v) is 2.13. The summed E-state index contributed by atoms with van der Waals surface area (Å²) in [6.07, 6.45) is 4.50. The Balaban J connectivity index is 2.49. The van der Waals surface area contributed by atoms with Gasteiger partial charge in [0.1, 0.15) is 6.54 Å². The van der Waals surface area contributed by atoms with Crippen molar-refractivity contribution in [1.29, 1.82) is 0 Å². The van der Waals surface area contributed by atoms with Crippen LogP contribution in [0.25, 0.3) is 0 Å². The van der Waals surface area contributed by atoms with Gasteiger partial charge in [-0.2, -0.15) is 0 Å². The maximum absolute atomic E-state index is 11.4. The van der Waals surface area contributed by atoms with Crippen LogP contribution in [0.5, 0.6) is 0 Å². The summed E-state index contributed by atoms with van der Waals surface area (Å²) in [5.74, 6) is 0.0765. The maximum atomic E-state index is 11.4. The van der Waals surface area contributed by atoms with Crippen LogP contribution in [-0.4, -0.2) is 48.0 Å². The summed E-state index contributed by atoms with van der Waals surface area (Å²) < 4.78 is 1.81. The van der Waals surface area contributed by atoms with E-state index in [1.807, 2.05) is 17.8 Å². The number of imidazole rings is 1. The van der Waals surface area contributed by atoms with Crippen LogP contribution in [-0.2, 0) is 17.8 Å². The Kier molecular flexibility index (Phi) is 4.30. The molecule has 1 amide bonds. The van der Waals surface area contributed by atoms with Gasteiger partial charge in [-0.25, -0.2) is 4.98 Å². The third-order valence-electron chi connectivity index (χ3n) is 2.13. The van der Waals surface area contributed by atoms with Crippen LogP contribution in [0.2, 0.25) is 0 Å². The second-order valence-electron chi connectivity index (χ2n) is 3.68. The molecule has 0 fully saturated rings. The van der Waals surface area contributed by atoms with Gasteiger partial charge in [0.25, 0.3) is 0 Å². The zero-order chi connectivity index (χ0) is 11.3. The zero-order valence-corrected chi connectivity index (χ0v) is 9.53. The van der Waals surface area contributed by atoms with Gasteiger partial charge in [-0.05, 0) is 7.05 Å². The number of carbonyl (C=O) groups excluding carboxylic acids is 1. The quantitative estimate of drug-likeness (QED) is 0.728. The van der Waals surface area contributed by atoms with Crippen LogP contribution in [0.3, 0.4) is 0 Å². The highest BCUT2D eigenvalue weighted by atomic mass is 16.2. The molecular weight excluding hydrogens is 192 g/mol. The highest BCUT2D eigenvalue weighted by molar-refractivity contribution is 5.75. The molecule has 0 aliphatic heterocycles. The monoisotopic (exact) mass is 210 g/mol. The third kappa shape index (κ3) is 3.71. The Morgan fingerprint density at radius 1 is 1.60 bits per heavy atom. The largest absolute Gasteiger partial charge is 0.347 e. The van der Waals surface area contributed by atoms with Gasteiger partial charge in [-0.15, -0.1) is 0 Å². The molecule has 5 nitrogen and oxygen atoms in total. The molecule has 84 valence electrons. The van der Waals surface area contributed by atoms with Crippen molar-refractivity contribution in [1.82, 2.24) is 19.8 Å². The molecule has 0 bridgehead atoms. The van der Waals surface area contributed by atoms with E-state index >= 15 is 0 Å². The van der Waals surface area contributed by atoms with Crippen molar-refractivity contribution >= 4 is 5.91 Å². The van der Waals surface area contributed by atoms with Gasteiger partial charge >= 0.3 is 0 Å². The average Bonchev–Trinajstić information content (AvgIpc) is 2.62. The van der Waals surface area contributed by atoms with Crippen LogP contribution in [0.4, 0.5) is 0 Å². The van der Waals surface area contributed by atoms with Crippen LogP contribution in [0, 0.1) is 0 Å². The van der Waals surface area contributed by atoms with Crippen molar-refractivity contribution in [2.45, 2.75) is 13.0 Å². The summed E-state index contributed by atoms with van der Waals surface area (Å²) in [7, 11) is 5.41. The molecule has 0 unspecified atom stereocenters. The number of nitrogens with one attached hydrogen (secondary N) is 1. The standard InChI is InChI=1S/C10H18N4O/c1-11-5-4-9-6-14(8-12-9)7-10(15)13(2)3/h6,8,11H,4-5,7H2,1-3H3. The van der Waals surface area contributed by atoms with E-state index in [0.29, 0.717) is 6.54 Å². The van der Waals surface area contributed by atoms with Crippen LogP contribution in [0.1, 0.15) is 5.69 Å². The smallest absolute Gasteiger partial charge is 0.242 e. The lowest BCUT2D eigenvalue weighted by Crippen LogP contribution is -2.25. The van der Waals surface area contributed by atoms with Gasteiger partial charge in [0.15, 0.2) is 0 Å². The van der Waals surface area contributed by atoms with E-state index in [1.165, 1.54) is 0 Å². The second kappa shape index (κ2) is 5.50. The normalized spacial score (nSPS) is 10.3. The molecule has 1 heterocycles. The van der Waals surface area contributed by atoms with Crippen molar-refractivity contribution < 1.29 is 4.79 Å². The number of likely N-dealkylation sites (N-methyl/N-ethyl adjacent to an activating group) is 2. The minimum absolute atomic E-state index is 0.0765. The van der Waals surface area contributed by atoms with E-state index in [-0.39, 0.29) is 5.91 Å². The Hall–Kier alpha value is -1.36. The first-order chi connectivity index (χ1) is 7.13. The van der Waals surface area contributed by atoms with Gasteiger partial charge in [0.05, 0.1) is 12.0 Å². The average molecular weight is 210 g/mol. The van der Waals surface area contributed by atoms with Gasteiger partial charge < -0.3 is 14.8 Å². The van der Waals surface area contributed by atoms with Crippen LogP contribution in [0.15, 0.2) is 12.5 Å². The molecule has 5 heteroatoms. The molecule has 1 rings (SSSR count). The molecule has 15 heavy (non-hydrogen) atoms. The highest BCUT2D eigenvalue weighted by Crippen LogP contribution is 1.97. The Bertz CT molecular complexity index is 319. The molecule has 0 saturated heterocycles. The first-order valence-electron chi connectivity index (χ1n) is 4.99. The fraction of sp³-hybridized carbons (Fsp3) is 0.600. The lowest BCUT2D eigenvalue weighted by molar-refractivity contribution is -0.129. The van der Waals surface area contributed by atoms with Gasteiger partial charge in [0.2, 0.25) is 5.91 Å². The molecule has 1 aromatic heterocycles. The molecule has 1 N–H and O–H groups in total. The van der Waals surface area contributed by atoms with Crippen molar-refractivity contribution in [3.8, 4) is 0 Å². The fourth-order valence-electron chi connectivity index (χ4n) is 1.17. The summed E-state index contributed by atoms with van der Waals surface area (Å²) in [6, 6.07) is 0. The van der Waals surface area contributed by atoms with Gasteiger partial charge in [0, 0.05) is 33.3 Å². The summed E-state index contributed by atoms with van der Waals surface area (Å²) in [6.45, 7) is 1.26. The van der Waals surface area contributed by atoms with Crippen molar-refractivity contribution in [3.05, 3.63) is 18.2 Å². The number of carbonyl (C=O) groups is 1. The van der Waals surface area contributed by atoms with Crippen LogP contribution >= 0.6 is 0 Å². The van der Waals surface area contributed by atoms with Gasteiger partial charge in [-0.3, -0.25) is 4.79 Å². The predicted molar refractivity (Wildman–Crippen MR) is 58.6 cm³/mol. The summed E-state index contributed by atoms with van der Waals surface area (Å²) in [5, 5.41) is 3.06. The topological polar surface area (TPSA) is 50.2 Å². The van der Waals surface area contributed by atoms with Gasteiger partial charge in [-0.1, -0.05) is 0 Å². The number of nitrogens with zero attached hydrogens (tertiary/aromatic N) is 3. The number of aromatic nitrogens is 2. The lowest BCUT2D eigenvalue weighted by Gasteiger charge is -2.09. The molecule has 0 aliphatic rings. The van der Waals surface area contributed by atoms with E-state index in [4.69, 9.17) is 0 Å². The van der Waals surface area contributed by atoms with E-state index in [9.17, 15) is 4.79 Å². The minimum Gasteiger partial charge on any atom is -0.347 e. The summed E-state index contributed by atoms with van der Waals surface area (Å²) >= 11 is 0. The predicted octanol–water partition coefficient (Wildman–Crippen LogP) is -0.267. The molecular formula is C10H18N4O. The van der Waals surface area contributed by atoms with E-state index in [0.717, 1.165) is 18.7 Å². The molecule has 0 saturated carbocycles. The van der Waals surface area contributed by atoms with E-state index in [2.05, 4.69) is 10.3 Å². The number of amides is 1. The molecule has 0 radical (unpaired) electrons. The maximum Gasteiger partial charge on any atom is 0.242 e. The SMILES string of the molecule is CNCCc1cn(CC(=O)N(C)C)cn1. The first-order valence-corrected chi connectivity index (χ1v) is 4.99. The highest BCUT2D eigenvalue weighted by Gasteiger charge is 2.05. The second-order valence-corrected chi connectivity index (χ2v) is 3.68. The summed E-state index contributed by atoms with van der Waals surface area (Å²) in [5.41, 5.74) is 1.01. The number of hydrogen-bond acceptors (Lipinski definition) is 3. The Labute approximate surface area is 90.1 Å². The van der Waals surface area contributed by atoms with E-state index < -0.39 is 0 Å². The van der Waals surface area contributed by atoms with Crippen LogP contribution < -0.4 is 5.32 Å². The molecule has 1 aromatic rings. The Morgan fingerprint density at radius 3 is 2.93 bits per heavy atom. The lowest BCUT2D eigenvalue weighted by atomic mass is 10.3. The van der Waals surface area contributed by atoms with E-state index in [1.54, 1.807) is 25.3 Å². The van der Waals surface area contributed by atoms with Crippen molar-refractivity contribution in [3.63, 3.8) is 0 Å². The molecule has 0 aliphatic carbocycles. The number of hydrogen-bond donors (Lipinski definition) is 1. The molecule has 0 atom stereocenters. The first kappa shape index (κ1) is 11.7. The minimum atomic E-state index is 0.0765. The zero-order valence-electron chi connectivity index (χ0n) is 9.53. The molecule has 0 aromatic carbocycles. The number of rotatable bonds is 5.